The normalized spacial score (nSPS) is 18.2. The van der Waals surface area contributed by atoms with Gasteiger partial charge in [0.1, 0.15) is 18.2 Å². The van der Waals surface area contributed by atoms with Crippen LogP contribution in [0.3, 0.4) is 0 Å². The third-order valence-electron chi connectivity index (χ3n) is 5.02. The molecule has 1 aliphatic heterocycles. The van der Waals surface area contributed by atoms with Gasteiger partial charge in [-0.15, -0.1) is 0 Å². The number of aryl methyl sites for hydroxylation is 1. The fraction of sp³-hybridized carbons (Fsp3) is 0.182. The quantitative estimate of drug-likeness (QED) is 0.674. The third-order valence-corrected chi connectivity index (χ3v) is 5.02. The maximum atomic E-state index is 14.6. The molecule has 1 aliphatic rings. The number of aromatic nitrogens is 1. The van der Waals surface area contributed by atoms with Gasteiger partial charge in [0.25, 0.3) is 6.02 Å². The van der Waals surface area contributed by atoms with E-state index in [2.05, 4.69) is 14.7 Å². The number of pyridine rings is 1. The van der Waals surface area contributed by atoms with Gasteiger partial charge in [0.05, 0.1) is 0 Å². The predicted octanol–water partition coefficient (Wildman–Crippen LogP) is 4.39. The van der Waals surface area contributed by atoms with Gasteiger partial charge in [-0.3, -0.25) is 4.98 Å². The van der Waals surface area contributed by atoms with E-state index in [1.165, 1.54) is 12.1 Å². The molecule has 2 N–H and O–H groups in total. The number of benzene rings is 2. The van der Waals surface area contributed by atoms with Crippen LogP contribution < -0.4 is 10.5 Å². The number of aliphatic imine (C=N–C) groups is 1. The molecule has 0 fully saturated rings. The molecule has 0 unspecified atom stereocenters. The topological polar surface area (TPSA) is 69.7 Å². The fourth-order valence-corrected chi connectivity index (χ4v) is 3.55. The molecule has 1 aromatic heterocycles. The Balaban J connectivity index is 1.84. The number of hydrogen-bond donors (Lipinski definition) is 1. The van der Waals surface area contributed by atoms with E-state index < -0.39 is 18.0 Å². The highest BCUT2D eigenvalue weighted by Gasteiger charge is 2.40. The van der Waals surface area contributed by atoms with Gasteiger partial charge in [0.2, 0.25) is 0 Å². The van der Waals surface area contributed by atoms with Gasteiger partial charge < -0.3 is 15.2 Å². The van der Waals surface area contributed by atoms with E-state index >= 15 is 0 Å². The van der Waals surface area contributed by atoms with Crippen LogP contribution in [0.2, 0.25) is 0 Å². The molecule has 0 spiro atoms. The second kappa shape index (κ2) is 7.70. The minimum Gasteiger partial charge on any atom is -0.462 e. The zero-order valence-electron chi connectivity index (χ0n) is 16.0. The monoisotopic (exact) mass is 413 g/mol. The van der Waals surface area contributed by atoms with Crippen LogP contribution in [0.25, 0.3) is 11.1 Å². The average molecular weight is 413 g/mol. The van der Waals surface area contributed by atoms with Gasteiger partial charge in [0.15, 0.2) is 5.54 Å². The van der Waals surface area contributed by atoms with E-state index in [0.29, 0.717) is 27.8 Å². The number of amidine groups is 1. The summed E-state index contributed by atoms with van der Waals surface area (Å²) in [5.74, 6) is -0.343. The summed E-state index contributed by atoms with van der Waals surface area (Å²) in [5.41, 5.74) is 7.54. The molecule has 1 atom stereocenters. The predicted molar refractivity (Wildman–Crippen MR) is 106 cm³/mol. The highest BCUT2D eigenvalue weighted by molar-refractivity contribution is 5.76. The van der Waals surface area contributed by atoms with Crippen molar-refractivity contribution in [2.75, 3.05) is 6.61 Å². The van der Waals surface area contributed by atoms with Gasteiger partial charge in [0, 0.05) is 23.5 Å². The van der Waals surface area contributed by atoms with Gasteiger partial charge >= 0.3 is 6.61 Å². The molecule has 0 radical (unpaired) electrons. The summed E-state index contributed by atoms with van der Waals surface area (Å²) < 4.78 is 49.8. The molecule has 2 aromatic carbocycles. The Morgan fingerprint density at radius 3 is 2.53 bits per heavy atom. The average Bonchev–Trinajstić information content (AvgIpc) is 3.13. The summed E-state index contributed by atoms with van der Waals surface area (Å²) in [5, 5.41) is 0. The molecule has 2 heterocycles. The summed E-state index contributed by atoms with van der Waals surface area (Å²) in [7, 11) is 0. The van der Waals surface area contributed by atoms with E-state index in [1.54, 1.807) is 55.7 Å². The second-order valence-corrected chi connectivity index (χ2v) is 6.89. The minimum atomic E-state index is -2.92. The zero-order valence-corrected chi connectivity index (χ0v) is 16.0. The lowest BCUT2D eigenvalue weighted by molar-refractivity contribution is -0.0503. The summed E-state index contributed by atoms with van der Waals surface area (Å²) >= 11 is 0. The van der Waals surface area contributed by atoms with E-state index in [-0.39, 0.29) is 18.4 Å². The van der Waals surface area contributed by atoms with Crippen molar-refractivity contribution in [3.63, 3.8) is 0 Å². The molecule has 0 amide bonds. The largest absolute Gasteiger partial charge is 0.462 e. The van der Waals surface area contributed by atoms with E-state index in [9.17, 15) is 13.2 Å². The molecular weight excluding hydrogens is 395 g/mol. The van der Waals surface area contributed by atoms with Crippen molar-refractivity contribution in [2.45, 2.75) is 19.1 Å². The summed E-state index contributed by atoms with van der Waals surface area (Å²) in [6.45, 7) is -1.18. The van der Waals surface area contributed by atoms with Gasteiger partial charge in [-0.25, -0.2) is 9.38 Å². The van der Waals surface area contributed by atoms with Crippen molar-refractivity contribution in [1.29, 1.82) is 0 Å². The standard InChI is InChI=1S/C22H18F3N3O2/c1-13-9-15(5-7-19(13)30-20(24)25)22(12-29-21(26)28-22)16-4-6-18(23)17(10-16)14-3-2-8-27-11-14/h2-11,20H,12H2,1H3,(H2,26,28)/t22-/m0/s1. The minimum absolute atomic E-state index is 0.00665. The molecule has 4 rings (SSSR count). The molecule has 0 aliphatic carbocycles. The van der Waals surface area contributed by atoms with Crippen LogP contribution in [-0.4, -0.2) is 24.2 Å². The van der Waals surface area contributed by atoms with Crippen molar-refractivity contribution >= 4 is 6.02 Å². The van der Waals surface area contributed by atoms with Crippen LogP contribution >= 0.6 is 0 Å². The number of nitrogens with two attached hydrogens (primary N) is 1. The second-order valence-electron chi connectivity index (χ2n) is 6.89. The first-order valence-corrected chi connectivity index (χ1v) is 9.13. The molecule has 8 heteroatoms. The zero-order chi connectivity index (χ0) is 21.3. The maximum Gasteiger partial charge on any atom is 0.387 e. The van der Waals surface area contributed by atoms with Crippen LogP contribution in [0.15, 0.2) is 65.9 Å². The first kappa shape index (κ1) is 19.8. The molecule has 0 saturated heterocycles. The lowest BCUT2D eigenvalue weighted by Gasteiger charge is -2.27. The van der Waals surface area contributed by atoms with Crippen molar-refractivity contribution in [3.05, 3.63) is 83.4 Å². The van der Waals surface area contributed by atoms with Crippen molar-refractivity contribution < 1.29 is 22.6 Å². The van der Waals surface area contributed by atoms with Crippen molar-refractivity contribution in [3.8, 4) is 16.9 Å². The number of rotatable bonds is 5. The van der Waals surface area contributed by atoms with Crippen molar-refractivity contribution in [2.24, 2.45) is 10.7 Å². The Kier molecular flexibility index (Phi) is 5.07. The number of hydrogen-bond acceptors (Lipinski definition) is 5. The Hall–Kier alpha value is -3.55. The molecule has 5 nitrogen and oxygen atoms in total. The Morgan fingerprint density at radius 1 is 1.13 bits per heavy atom. The Morgan fingerprint density at radius 2 is 1.90 bits per heavy atom. The molecular formula is C22H18F3N3O2. The molecule has 30 heavy (non-hydrogen) atoms. The highest BCUT2D eigenvalue weighted by atomic mass is 19.3. The third kappa shape index (κ3) is 3.56. The lowest BCUT2D eigenvalue weighted by atomic mass is 9.82. The lowest BCUT2D eigenvalue weighted by Crippen LogP contribution is -2.27. The van der Waals surface area contributed by atoms with Crippen LogP contribution in [0, 0.1) is 12.7 Å². The molecule has 0 saturated carbocycles. The Bertz CT molecular complexity index is 1110. The number of alkyl halides is 2. The van der Waals surface area contributed by atoms with E-state index in [0.717, 1.165) is 0 Å². The molecule has 154 valence electrons. The summed E-state index contributed by atoms with van der Waals surface area (Å²) in [6, 6.07) is 12.9. The Labute approximate surface area is 171 Å². The smallest absolute Gasteiger partial charge is 0.387 e. The number of nitrogens with zero attached hydrogens (tertiary/aromatic N) is 2. The SMILES string of the molecule is Cc1cc([C@]2(c3ccc(F)c(-c4cccnc4)c3)COC(N)=N2)ccc1OC(F)F. The number of halogens is 3. The van der Waals surface area contributed by atoms with E-state index in [4.69, 9.17) is 10.5 Å². The fourth-order valence-electron chi connectivity index (χ4n) is 3.55. The van der Waals surface area contributed by atoms with Crippen LogP contribution in [0.1, 0.15) is 16.7 Å². The molecule has 0 bridgehead atoms. The van der Waals surface area contributed by atoms with Crippen LogP contribution in [-0.2, 0) is 10.3 Å². The first-order chi connectivity index (χ1) is 14.4. The van der Waals surface area contributed by atoms with Crippen LogP contribution in [0.4, 0.5) is 13.2 Å². The van der Waals surface area contributed by atoms with Gasteiger partial charge in [-0.05, 0) is 53.9 Å². The van der Waals surface area contributed by atoms with Gasteiger partial charge in [-0.2, -0.15) is 8.78 Å². The van der Waals surface area contributed by atoms with Gasteiger partial charge in [-0.1, -0.05) is 18.2 Å². The molecule has 3 aromatic rings. The maximum absolute atomic E-state index is 14.6. The number of ether oxygens (including phenoxy) is 2. The van der Waals surface area contributed by atoms with E-state index in [1.807, 2.05) is 0 Å². The summed E-state index contributed by atoms with van der Waals surface area (Å²) in [6.07, 6.45) is 3.17. The summed E-state index contributed by atoms with van der Waals surface area (Å²) in [4.78, 5) is 8.55. The van der Waals surface area contributed by atoms with Crippen LogP contribution in [0.5, 0.6) is 5.75 Å². The van der Waals surface area contributed by atoms with Crippen molar-refractivity contribution in [1.82, 2.24) is 4.98 Å². The first-order valence-electron chi connectivity index (χ1n) is 9.13. The highest BCUT2D eigenvalue weighted by Crippen LogP contribution is 2.41.